The first-order chi connectivity index (χ1) is 8.18. The highest BCUT2D eigenvalue weighted by atomic mass is 16.2. The second-order valence-electron chi connectivity index (χ2n) is 4.30. The van der Waals surface area contributed by atoms with Gasteiger partial charge in [0.15, 0.2) is 0 Å². The zero-order valence-corrected chi connectivity index (χ0v) is 9.98. The van der Waals surface area contributed by atoms with E-state index in [2.05, 4.69) is 10.6 Å². The molecule has 94 valence electrons. The predicted octanol–water partition coefficient (Wildman–Crippen LogP) is -1.00. The van der Waals surface area contributed by atoms with Gasteiger partial charge in [-0.05, 0) is 0 Å². The summed E-state index contributed by atoms with van der Waals surface area (Å²) < 4.78 is 0. The van der Waals surface area contributed by atoms with E-state index in [1.165, 1.54) is 0 Å². The lowest BCUT2D eigenvalue weighted by Crippen LogP contribution is -2.44. The number of carbonyl (C=O) groups is 2. The molecule has 1 atom stereocenters. The minimum Gasteiger partial charge on any atom is -0.353 e. The maximum absolute atomic E-state index is 11.6. The Balaban J connectivity index is 1.67. The molecule has 2 aliphatic rings. The monoisotopic (exact) mass is 238 g/mol. The van der Waals surface area contributed by atoms with Gasteiger partial charge in [-0.15, -0.1) is 0 Å². The third-order valence-corrected chi connectivity index (χ3v) is 3.05. The zero-order valence-electron chi connectivity index (χ0n) is 9.98. The lowest BCUT2D eigenvalue weighted by Gasteiger charge is -2.17. The second kappa shape index (κ2) is 5.18. The van der Waals surface area contributed by atoms with Gasteiger partial charge in [-0.25, -0.2) is 4.79 Å². The van der Waals surface area contributed by atoms with Gasteiger partial charge in [0, 0.05) is 39.8 Å². The fourth-order valence-corrected chi connectivity index (χ4v) is 1.98. The van der Waals surface area contributed by atoms with Crippen molar-refractivity contribution in [3.8, 4) is 0 Å². The van der Waals surface area contributed by atoms with Crippen molar-refractivity contribution < 1.29 is 9.59 Å². The fraction of sp³-hybridized carbons (Fsp3) is 0.636. The zero-order chi connectivity index (χ0) is 12.3. The number of amides is 3. The Bertz CT molecular complexity index is 342. The topological polar surface area (TPSA) is 64.7 Å². The van der Waals surface area contributed by atoms with E-state index in [0.29, 0.717) is 13.1 Å². The van der Waals surface area contributed by atoms with E-state index in [1.54, 1.807) is 16.8 Å². The van der Waals surface area contributed by atoms with Crippen LogP contribution < -0.4 is 10.6 Å². The molecular weight excluding hydrogens is 220 g/mol. The van der Waals surface area contributed by atoms with Crippen molar-refractivity contribution in [2.75, 3.05) is 39.8 Å². The molecule has 6 heteroatoms. The first-order valence-electron chi connectivity index (χ1n) is 5.86. The first kappa shape index (κ1) is 11.9. The molecule has 2 heterocycles. The molecule has 0 aromatic carbocycles. The number of hydrogen-bond acceptors (Lipinski definition) is 3. The SMILES string of the molecule is CN1CCN(CCNC(=O)C2C=CCN2)C1=O. The van der Waals surface area contributed by atoms with Crippen LogP contribution in [0.25, 0.3) is 0 Å². The highest BCUT2D eigenvalue weighted by Crippen LogP contribution is 2.04. The minimum absolute atomic E-state index is 0.0289. The summed E-state index contributed by atoms with van der Waals surface area (Å²) in [5.41, 5.74) is 0. The Morgan fingerprint density at radius 2 is 2.41 bits per heavy atom. The van der Waals surface area contributed by atoms with Crippen LogP contribution in [0.15, 0.2) is 12.2 Å². The van der Waals surface area contributed by atoms with Crippen LogP contribution in [0.2, 0.25) is 0 Å². The van der Waals surface area contributed by atoms with Crippen molar-refractivity contribution in [2.45, 2.75) is 6.04 Å². The summed E-state index contributed by atoms with van der Waals surface area (Å²) in [7, 11) is 1.79. The summed E-state index contributed by atoms with van der Waals surface area (Å²) in [5, 5.41) is 5.86. The molecule has 0 aromatic heterocycles. The van der Waals surface area contributed by atoms with Gasteiger partial charge in [-0.2, -0.15) is 0 Å². The highest BCUT2D eigenvalue weighted by Gasteiger charge is 2.25. The summed E-state index contributed by atoms with van der Waals surface area (Å²) in [5.74, 6) is -0.0289. The fourth-order valence-electron chi connectivity index (χ4n) is 1.98. The maximum Gasteiger partial charge on any atom is 0.319 e. The second-order valence-corrected chi connectivity index (χ2v) is 4.30. The molecule has 0 bridgehead atoms. The van der Waals surface area contributed by atoms with E-state index in [0.717, 1.165) is 19.6 Å². The molecule has 1 fully saturated rings. The van der Waals surface area contributed by atoms with Gasteiger partial charge in [0.1, 0.15) is 6.04 Å². The van der Waals surface area contributed by atoms with E-state index in [9.17, 15) is 9.59 Å². The van der Waals surface area contributed by atoms with Crippen LogP contribution in [0.4, 0.5) is 4.79 Å². The molecule has 6 nitrogen and oxygen atoms in total. The first-order valence-corrected chi connectivity index (χ1v) is 5.86. The summed E-state index contributed by atoms with van der Waals surface area (Å²) in [6.07, 6.45) is 3.79. The molecule has 0 aromatic rings. The van der Waals surface area contributed by atoms with E-state index in [1.807, 2.05) is 12.2 Å². The standard InChI is InChI=1S/C11H18N4O2/c1-14-7-8-15(11(14)17)6-5-13-10(16)9-3-2-4-12-9/h2-3,9,12H,4-8H2,1H3,(H,13,16). The normalized spacial score (nSPS) is 23.6. The molecule has 17 heavy (non-hydrogen) atoms. The lowest BCUT2D eigenvalue weighted by molar-refractivity contribution is -0.121. The van der Waals surface area contributed by atoms with Gasteiger partial charge < -0.3 is 15.1 Å². The molecule has 0 radical (unpaired) electrons. The van der Waals surface area contributed by atoms with E-state index in [-0.39, 0.29) is 18.0 Å². The van der Waals surface area contributed by atoms with Crippen molar-refractivity contribution in [3.63, 3.8) is 0 Å². The van der Waals surface area contributed by atoms with Gasteiger partial charge >= 0.3 is 6.03 Å². The Kier molecular flexibility index (Phi) is 3.63. The molecule has 2 rings (SSSR count). The third kappa shape index (κ3) is 2.76. The average Bonchev–Trinajstić information content (AvgIpc) is 2.93. The molecule has 1 unspecified atom stereocenters. The molecule has 2 N–H and O–H groups in total. The van der Waals surface area contributed by atoms with Crippen LogP contribution >= 0.6 is 0 Å². The quantitative estimate of drug-likeness (QED) is 0.617. The number of nitrogens with zero attached hydrogens (tertiary/aromatic N) is 2. The lowest BCUT2D eigenvalue weighted by atomic mass is 10.3. The van der Waals surface area contributed by atoms with E-state index >= 15 is 0 Å². The molecule has 1 saturated heterocycles. The van der Waals surface area contributed by atoms with Gasteiger partial charge in [0.05, 0.1) is 0 Å². The Labute approximate surface area is 101 Å². The number of carbonyl (C=O) groups excluding carboxylic acids is 2. The maximum atomic E-state index is 11.6. The summed E-state index contributed by atoms with van der Waals surface area (Å²) in [4.78, 5) is 26.6. The van der Waals surface area contributed by atoms with Gasteiger partial charge in [0.25, 0.3) is 0 Å². The Hall–Kier alpha value is -1.56. The molecule has 0 saturated carbocycles. The number of rotatable bonds is 4. The van der Waals surface area contributed by atoms with E-state index < -0.39 is 0 Å². The molecule has 0 spiro atoms. The van der Waals surface area contributed by atoms with Crippen LogP contribution in [0, 0.1) is 0 Å². The summed E-state index contributed by atoms with van der Waals surface area (Å²) >= 11 is 0. The van der Waals surface area contributed by atoms with Crippen LogP contribution in [0.3, 0.4) is 0 Å². The number of hydrogen-bond donors (Lipinski definition) is 2. The van der Waals surface area contributed by atoms with Gasteiger partial charge in [0.2, 0.25) is 5.91 Å². The molecule has 2 aliphatic heterocycles. The van der Waals surface area contributed by atoms with Crippen molar-refractivity contribution in [3.05, 3.63) is 12.2 Å². The van der Waals surface area contributed by atoms with Crippen LogP contribution in [0.1, 0.15) is 0 Å². The van der Waals surface area contributed by atoms with Crippen molar-refractivity contribution in [1.29, 1.82) is 0 Å². The smallest absolute Gasteiger partial charge is 0.319 e. The van der Waals surface area contributed by atoms with Gasteiger partial charge in [-0.1, -0.05) is 12.2 Å². The number of likely N-dealkylation sites (N-methyl/N-ethyl adjacent to an activating group) is 1. The third-order valence-electron chi connectivity index (χ3n) is 3.05. The van der Waals surface area contributed by atoms with Crippen LogP contribution in [-0.4, -0.2) is 67.6 Å². The largest absolute Gasteiger partial charge is 0.353 e. The number of urea groups is 1. The number of nitrogens with one attached hydrogen (secondary N) is 2. The molecule has 0 aliphatic carbocycles. The van der Waals surface area contributed by atoms with Crippen LogP contribution in [-0.2, 0) is 4.79 Å². The predicted molar refractivity (Wildman–Crippen MR) is 63.5 cm³/mol. The van der Waals surface area contributed by atoms with Crippen molar-refractivity contribution >= 4 is 11.9 Å². The Morgan fingerprint density at radius 3 is 3.00 bits per heavy atom. The van der Waals surface area contributed by atoms with Crippen molar-refractivity contribution in [1.82, 2.24) is 20.4 Å². The summed E-state index contributed by atoms with van der Waals surface area (Å²) in [6, 6.07) is -0.176. The molecular formula is C11H18N4O2. The van der Waals surface area contributed by atoms with Crippen molar-refractivity contribution in [2.24, 2.45) is 0 Å². The van der Waals surface area contributed by atoms with Gasteiger partial charge in [-0.3, -0.25) is 10.1 Å². The molecule has 3 amide bonds. The Morgan fingerprint density at radius 1 is 1.59 bits per heavy atom. The van der Waals surface area contributed by atoms with Crippen LogP contribution in [0.5, 0.6) is 0 Å². The highest BCUT2D eigenvalue weighted by molar-refractivity contribution is 5.84. The summed E-state index contributed by atoms with van der Waals surface area (Å²) in [6.45, 7) is 3.33. The van der Waals surface area contributed by atoms with E-state index in [4.69, 9.17) is 0 Å². The minimum atomic E-state index is -0.216. The average molecular weight is 238 g/mol.